The first-order valence-corrected chi connectivity index (χ1v) is 10.2. The highest BCUT2D eigenvalue weighted by Gasteiger charge is 2.44. The lowest BCUT2D eigenvalue weighted by atomic mass is 9.78. The molecule has 0 aromatic carbocycles. The Morgan fingerprint density at radius 1 is 1.21 bits per heavy atom. The van der Waals surface area contributed by atoms with Crippen LogP contribution in [0.5, 0.6) is 0 Å². The predicted octanol–water partition coefficient (Wildman–Crippen LogP) is -0.624. The maximum atomic E-state index is 13.1. The third-order valence-electron chi connectivity index (χ3n) is 6.30. The van der Waals surface area contributed by atoms with Crippen LogP contribution in [0.15, 0.2) is 23.0 Å². The van der Waals surface area contributed by atoms with Crippen molar-refractivity contribution in [1.29, 1.82) is 0 Å². The fourth-order valence-electron chi connectivity index (χ4n) is 4.90. The van der Waals surface area contributed by atoms with Gasteiger partial charge in [-0.1, -0.05) is 6.07 Å². The molecule has 2 saturated heterocycles. The minimum atomic E-state index is -0.551. The maximum Gasteiger partial charge on any atom is 0.251 e. The van der Waals surface area contributed by atoms with E-state index in [1.54, 1.807) is 17.6 Å². The number of carbonyl (C=O) groups excluding carboxylic acids is 2. The molecule has 28 heavy (non-hydrogen) atoms. The molecule has 3 atom stereocenters. The summed E-state index contributed by atoms with van der Waals surface area (Å²) in [5.41, 5.74) is 0.739. The number of piperazine rings is 1. The summed E-state index contributed by atoms with van der Waals surface area (Å²) in [6, 6.07) is 4.65. The van der Waals surface area contributed by atoms with E-state index in [2.05, 4.69) is 15.5 Å². The summed E-state index contributed by atoms with van der Waals surface area (Å²) in [6.07, 6.45) is 0.836. The lowest BCUT2D eigenvalue weighted by Crippen LogP contribution is -2.54. The molecular weight excluding hydrogens is 358 g/mol. The Hall–Kier alpha value is -2.19. The first kappa shape index (κ1) is 19.1. The summed E-state index contributed by atoms with van der Waals surface area (Å²) >= 11 is 0. The molecule has 2 bridgehead atoms. The summed E-state index contributed by atoms with van der Waals surface area (Å²) in [4.78, 5) is 41.9. The molecule has 152 valence electrons. The van der Waals surface area contributed by atoms with Crippen LogP contribution in [-0.4, -0.2) is 78.5 Å². The van der Waals surface area contributed by atoms with Crippen LogP contribution in [-0.2, 0) is 9.59 Å². The van der Waals surface area contributed by atoms with Crippen molar-refractivity contribution >= 4 is 11.8 Å². The van der Waals surface area contributed by atoms with Gasteiger partial charge in [0.25, 0.3) is 5.56 Å². The molecule has 8 nitrogen and oxygen atoms in total. The van der Waals surface area contributed by atoms with Gasteiger partial charge in [0, 0.05) is 82.9 Å². The average Bonchev–Trinajstić information content (AvgIpc) is 2.69. The van der Waals surface area contributed by atoms with Crippen LogP contribution in [0, 0.1) is 5.92 Å². The van der Waals surface area contributed by atoms with Crippen LogP contribution in [0.4, 0.5) is 0 Å². The van der Waals surface area contributed by atoms with Crippen molar-refractivity contribution in [2.75, 3.05) is 52.4 Å². The standard InChI is InChI=1S/C20H29N5O3/c1-14(26)24-12-15-11-16(13-24)19(25-17(15)3-2-4-18(25)27)20(28)22-7-10-23-8-5-21-6-9-23/h2-4,15-16,19,21H,5-13H2,1H3,(H,22,28)/t15-,16+,19-/m1/s1. The molecule has 2 N–H and O–H groups in total. The number of aromatic nitrogens is 1. The van der Waals surface area contributed by atoms with Crippen molar-refractivity contribution in [2.24, 2.45) is 5.92 Å². The van der Waals surface area contributed by atoms with Crippen molar-refractivity contribution in [1.82, 2.24) is 25.0 Å². The lowest BCUT2D eigenvalue weighted by molar-refractivity contribution is -0.135. The third-order valence-corrected chi connectivity index (χ3v) is 6.30. The zero-order chi connectivity index (χ0) is 19.7. The van der Waals surface area contributed by atoms with Crippen LogP contribution in [0.2, 0.25) is 0 Å². The Morgan fingerprint density at radius 2 is 2.00 bits per heavy atom. The van der Waals surface area contributed by atoms with Crippen molar-refractivity contribution in [3.63, 3.8) is 0 Å². The van der Waals surface area contributed by atoms with Gasteiger partial charge in [0.2, 0.25) is 11.8 Å². The highest BCUT2D eigenvalue weighted by Crippen LogP contribution is 2.41. The molecule has 0 aliphatic carbocycles. The number of nitrogens with one attached hydrogen (secondary N) is 2. The SMILES string of the molecule is CC(=O)N1C[C@H]2C[C@@H](C1)[C@H](C(=O)NCCN1CCNCC1)n1c2cccc1=O. The Labute approximate surface area is 164 Å². The van der Waals surface area contributed by atoms with Crippen LogP contribution in [0.25, 0.3) is 0 Å². The zero-order valence-electron chi connectivity index (χ0n) is 16.4. The molecule has 0 unspecified atom stereocenters. The Morgan fingerprint density at radius 3 is 2.75 bits per heavy atom. The van der Waals surface area contributed by atoms with E-state index in [4.69, 9.17) is 0 Å². The van der Waals surface area contributed by atoms with Gasteiger partial charge in [-0.15, -0.1) is 0 Å². The minimum Gasteiger partial charge on any atom is -0.353 e. The van der Waals surface area contributed by atoms with Gasteiger partial charge in [0.15, 0.2) is 0 Å². The third kappa shape index (κ3) is 3.71. The number of nitrogens with zero attached hydrogens (tertiary/aromatic N) is 3. The quantitative estimate of drug-likeness (QED) is 0.719. The molecule has 0 radical (unpaired) electrons. The molecule has 4 heterocycles. The molecule has 0 spiro atoms. The average molecular weight is 387 g/mol. The number of fused-ring (bicyclic) bond motifs is 4. The molecular formula is C20H29N5O3. The van der Waals surface area contributed by atoms with Gasteiger partial charge >= 0.3 is 0 Å². The van der Waals surface area contributed by atoms with Crippen molar-refractivity contribution in [3.8, 4) is 0 Å². The van der Waals surface area contributed by atoms with Gasteiger partial charge < -0.3 is 15.5 Å². The molecule has 2 fully saturated rings. The number of carbonyl (C=O) groups is 2. The normalized spacial score (nSPS) is 27.2. The second-order valence-corrected chi connectivity index (χ2v) is 8.10. The molecule has 4 rings (SSSR count). The largest absolute Gasteiger partial charge is 0.353 e. The van der Waals surface area contributed by atoms with E-state index in [-0.39, 0.29) is 29.2 Å². The van der Waals surface area contributed by atoms with Crippen LogP contribution in [0.3, 0.4) is 0 Å². The molecule has 3 aliphatic heterocycles. The highest BCUT2D eigenvalue weighted by molar-refractivity contribution is 5.81. The number of rotatable bonds is 4. The van der Waals surface area contributed by atoms with E-state index in [0.717, 1.165) is 44.8 Å². The Balaban J connectivity index is 1.52. The van der Waals surface area contributed by atoms with E-state index in [0.29, 0.717) is 19.6 Å². The fourth-order valence-corrected chi connectivity index (χ4v) is 4.90. The summed E-state index contributed by atoms with van der Waals surface area (Å²) in [6.45, 7) is 8.02. The van der Waals surface area contributed by atoms with E-state index < -0.39 is 6.04 Å². The van der Waals surface area contributed by atoms with Crippen LogP contribution >= 0.6 is 0 Å². The Bertz CT molecular complexity index is 801. The molecule has 0 saturated carbocycles. The number of hydrogen-bond donors (Lipinski definition) is 2. The van der Waals surface area contributed by atoms with Crippen LogP contribution < -0.4 is 16.2 Å². The van der Waals surface area contributed by atoms with Gasteiger partial charge in [0.1, 0.15) is 6.04 Å². The summed E-state index contributed by atoms with van der Waals surface area (Å²) in [5.74, 6) is -0.00582. The minimum absolute atomic E-state index is 0.0271. The van der Waals surface area contributed by atoms with Gasteiger partial charge in [-0.3, -0.25) is 23.9 Å². The Kier molecular flexibility index (Phi) is 5.50. The molecule has 8 heteroatoms. The van der Waals surface area contributed by atoms with Crippen molar-refractivity contribution in [3.05, 3.63) is 34.2 Å². The molecule has 2 amide bonds. The first-order valence-electron chi connectivity index (χ1n) is 10.2. The molecule has 3 aliphatic rings. The van der Waals surface area contributed by atoms with E-state index in [1.165, 1.54) is 6.07 Å². The molecule has 1 aromatic heterocycles. The topological polar surface area (TPSA) is 86.7 Å². The molecule has 1 aromatic rings. The number of pyridine rings is 1. The second kappa shape index (κ2) is 8.05. The van der Waals surface area contributed by atoms with Gasteiger partial charge in [-0.05, 0) is 12.5 Å². The van der Waals surface area contributed by atoms with E-state index >= 15 is 0 Å². The summed E-state index contributed by atoms with van der Waals surface area (Å²) in [5, 5.41) is 6.37. The van der Waals surface area contributed by atoms with Gasteiger partial charge in [-0.25, -0.2) is 0 Å². The first-order chi connectivity index (χ1) is 13.5. The van der Waals surface area contributed by atoms with Crippen molar-refractivity contribution in [2.45, 2.75) is 25.3 Å². The zero-order valence-corrected chi connectivity index (χ0v) is 16.4. The van der Waals surface area contributed by atoms with Crippen LogP contribution in [0.1, 0.15) is 31.0 Å². The second-order valence-electron chi connectivity index (χ2n) is 8.10. The maximum absolute atomic E-state index is 13.1. The van der Waals surface area contributed by atoms with E-state index in [9.17, 15) is 14.4 Å². The number of amides is 2. The number of hydrogen-bond acceptors (Lipinski definition) is 5. The lowest BCUT2D eigenvalue weighted by Gasteiger charge is -2.46. The summed E-state index contributed by atoms with van der Waals surface area (Å²) in [7, 11) is 0. The fraction of sp³-hybridized carbons (Fsp3) is 0.650. The number of likely N-dealkylation sites (tertiary alicyclic amines) is 1. The van der Waals surface area contributed by atoms with E-state index in [1.807, 2.05) is 11.0 Å². The van der Waals surface area contributed by atoms with Gasteiger partial charge in [0.05, 0.1) is 0 Å². The van der Waals surface area contributed by atoms with Crippen molar-refractivity contribution < 1.29 is 9.59 Å². The highest BCUT2D eigenvalue weighted by atomic mass is 16.2. The summed E-state index contributed by atoms with van der Waals surface area (Å²) < 4.78 is 1.68. The number of piperidine rings is 1. The monoisotopic (exact) mass is 387 g/mol. The van der Waals surface area contributed by atoms with Gasteiger partial charge in [-0.2, -0.15) is 0 Å². The predicted molar refractivity (Wildman–Crippen MR) is 105 cm³/mol. The smallest absolute Gasteiger partial charge is 0.251 e.